The fourth-order valence-corrected chi connectivity index (χ4v) is 3.64. The molecule has 4 N–H and O–H groups in total. The van der Waals surface area contributed by atoms with E-state index in [2.05, 4.69) is 5.32 Å². The number of aromatic hydroxyl groups is 1. The van der Waals surface area contributed by atoms with E-state index in [1.54, 1.807) is 6.07 Å². The molecule has 0 bridgehead atoms. The Labute approximate surface area is 145 Å². The monoisotopic (exact) mass is 336 g/mol. The number of hydrogen-bond donors (Lipinski definition) is 3. The lowest BCUT2D eigenvalue weighted by Gasteiger charge is -2.23. The van der Waals surface area contributed by atoms with E-state index < -0.39 is 0 Å². The standard InChI is InChI=1S/C20H17ClN2O/c21-13-8-9-17-15(10-13)20(14-5-1-2-6-16(14)22)19-12(11-23-17)4-3-7-18(19)24/h1-10,20,23-24H,11,22H2. The van der Waals surface area contributed by atoms with Gasteiger partial charge in [0.15, 0.2) is 0 Å². The van der Waals surface area contributed by atoms with Crippen LogP contribution in [0, 0.1) is 0 Å². The molecule has 0 spiro atoms. The van der Waals surface area contributed by atoms with Crippen LogP contribution in [0.2, 0.25) is 5.02 Å². The zero-order valence-corrected chi connectivity index (χ0v) is 13.7. The average Bonchev–Trinajstić information content (AvgIpc) is 2.73. The predicted octanol–water partition coefficient (Wildman–Crippen LogP) is 4.73. The van der Waals surface area contributed by atoms with Gasteiger partial charge < -0.3 is 16.2 Å². The molecule has 0 saturated heterocycles. The minimum Gasteiger partial charge on any atom is -0.508 e. The second-order valence-electron chi connectivity index (χ2n) is 6.00. The van der Waals surface area contributed by atoms with Crippen molar-refractivity contribution in [3.8, 4) is 5.75 Å². The van der Waals surface area contributed by atoms with Gasteiger partial charge in [-0.05, 0) is 47.0 Å². The first-order valence-electron chi connectivity index (χ1n) is 7.83. The molecule has 1 aliphatic rings. The van der Waals surface area contributed by atoms with Gasteiger partial charge in [-0.1, -0.05) is 41.9 Å². The van der Waals surface area contributed by atoms with Gasteiger partial charge in [0.05, 0.1) is 0 Å². The van der Waals surface area contributed by atoms with Crippen molar-refractivity contribution in [3.63, 3.8) is 0 Å². The Balaban J connectivity index is 2.06. The van der Waals surface area contributed by atoms with Crippen molar-refractivity contribution in [1.29, 1.82) is 0 Å². The lowest BCUT2D eigenvalue weighted by Crippen LogP contribution is -2.08. The molecule has 1 aliphatic heterocycles. The maximum absolute atomic E-state index is 10.6. The summed E-state index contributed by atoms with van der Waals surface area (Å²) in [7, 11) is 0. The third-order valence-electron chi connectivity index (χ3n) is 4.56. The maximum Gasteiger partial charge on any atom is 0.120 e. The number of benzene rings is 3. The summed E-state index contributed by atoms with van der Waals surface area (Å²) in [5.74, 6) is 0.0986. The van der Waals surface area contributed by atoms with Crippen molar-refractivity contribution in [2.45, 2.75) is 12.5 Å². The molecular weight excluding hydrogens is 320 g/mol. The van der Waals surface area contributed by atoms with Crippen molar-refractivity contribution in [2.75, 3.05) is 11.1 Å². The SMILES string of the molecule is Nc1ccccc1C1c2cc(Cl)ccc2NCc2cccc(O)c21. The second kappa shape index (κ2) is 5.77. The van der Waals surface area contributed by atoms with E-state index in [0.29, 0.717) is 17.3 Å². The maximum atomic E-state index is 10.6. The first-order chi connectivity index (χ1) is 11.6. The zero-order chi connectivity index (χ0) is 16.7. The van der Waals surface area contributed by atoms with Crippen molar-refractivity contribution in [3.05, 3.63) is 87.9 Å². The molecule has 0 amide bonds. The minimum absolute atomic E-state index is 0.175. The molecule has 0 fully saturated rings. The molecule has 3 aromatic carbocycles. The summed E-state index contributed by atoms with van der Waals surface area (Å²) in [5, 5.41) is 14.7. The minimum atomic E-state index is -0.175. The van der Waals surface area contributed by atoms with Crippen LogP contribution < -0.4 is 11.1 Å². The number of rotatable bonds is 1. The molecule has 120 valence electrons. The van der Waals surface area contributed by atoms with Gasteiger partial charge in [-0.15, -0.1) is 0 Å². The molecule has 4 heteroatoms. The molecule has 24 heavy (non-hydrogen) atoms. The van der Waals surface area contributed by atoms with Crippen LogP contribution >= 0.6 is 11.6 Å². The zero-order valence-electron chi connectivity index (χ0n) is 13.0. The number of fused-ring (bicyclic) bond motifs is 2. The van der Waals surface area contributed by atoms with E-state index in [1.807, 2.05) is 54.6 Å². The quantitative estimate of drug-likeness (QED) is 0.563. The van der Waals surface area contributed by atoms with E-state index in [1.165, 1.54) is 0 Å². The van der Waals surface area contributed by atoms with E-state index >= 15 is 0 Å². The number of phenolic OH excluding ortho intramolecular Hbond substituents is 1. The summed E-state index contributed by atoms with van der Waals surface area (Å²) in [6, 6.07) is 19.2. The fourth-order valence-electron chi connectivity index (χ4n) is 3.46. The van der Waals surface area contributed by atoms with E-state index in [9.17, 15) is 5.11 Å². The van der Waals surface area contributed by atoms with Crippen LogP contribution in [0.5, 0.6) is 5.75 Å². The number of halogens is 1. The van der Waals surface area contributed by atoms with Gasteiger partial charge in [0.25, 0.3) is 0 Å². The highest BCUT2D eigenvalue weighted by Gasteiger charge is 2.29. The molecule has 1 heterocycles. The fraction of sp³-hybridized carbons (Fsp3) is 0.100. The molecule has 3 aromatic rings. The number of phenols is 1. The predicted molar refractivity (Wildman–Crippen MR) is 98.7 cm³/mol. The van der Waals surface area contributed by atoms with Gasteiger partial charge in [0.1, 0.15) is 5.75 Å². The summed E-state index contributed by atoms with van der Waals surface area (Å²) in [6.07, 6.45) is 0. The van der Waals surface area contributed by atoms with E-state index in [0.717, 1.165) is 27.9 Å². The molecular formula is C20H17ClN2O. The van der Waals surface area contributed by atoms with E-state index in [-0.39, 0.29) is 11.7 Å². The van der Waals surface area contributed by atoms with Crippen LogP contribution in [0.25, 0.3) is 0 Å². The van der Waals surface area contributed by atoms with Crippen LogP contribution in [0.15, 0.2) is 60.7 Å². The van der Waals surface area contributed by atoms with Crippen LogP contribution in [0.1, 0.15) is 28.2 Å². The van der Waals surface area contributed by atoms with Gasteiger partial charge in [0.2, 0.25) is 0 Å². The molecule has 0 aliphatic carbocycles. The molecule has 0 saturated carbocycles. The molecule has 4 rings (SSSR count). The normalized spacial score (nSPS) is 15.8. The Kier molecular flexibility index (Phi) is 3.58. The third kappa shape index (κ3) is 2.38. The summed E-state index contributed by atoms with van der Waals surface area (Å²) < 4.78 is 0. The highest BCUT2D eigenvalue weighted by atomic mass is 35.5. The van der Waals surface area contributed by atoms with Crippen molar-refractivity contribution < 1.29 is 5.11 Å². The average molecular weight is 337 g/mol. The Hall–Kier alpha value is -2.65. The Morgan fingerprint density at radius 3 is 2.67 bits per heavy atom. The number of nitrogen functional groups attached to an aromatic ring is 1. The van der Waals surface area contributed by atoms with Gasteiger partial charge in [-0.25, -0.2) is 0 Å². The summed E-state index contributed by atoms with van der Waals surface area (Å²) in [4.78, 5) is 0. The van der Waals surface area contributed by atoms with Gasteiger partial charge in [0, 0.05) is 34.4 Å². The molecule has 0 radical (unpaired) electrons. The third-order valence-corrected chi connectivity index (χ3v) is 4.80. The van der Waals surface area contributed by atoms with Crippen LogP contribution in [-0.2, 0) is 6.54 Å². The van der Waals surface area contributed by atoms with Gasteiger partial charge in [-0.2, -0.15) is 0 Å². The first kappa shape index (κ1) is 14.9. The van der Waals surface area contributed by atoms with Crippen LogP contribution in [0.3, 0.4) is 0 Å². The highest BCUT2D eigenvalue weighted by Crippen LogP contribution is 2.45. The van der Waals surface area contributed by atoms with E-state index in [4.69, 9.17) is 17.3 Å². The van der Waals surface area contributed by atoms with Crippen molar-refractivity contribution in [2.24, 2.45) is 0 Å². The van der Waals surface area contributed by atoms with Crippen molar-refractivity contribution >= 4 is 23.0 Å². The largest absolute Gasteiger partial charge is 0.508 e. The number of anilines is 2. The van der Waals surface area contributed by atoms with Crippen LogP contribution in [0.4, 0.5) is 11.4 Å². The number of nitrogens with two attached hydrogens (primary N) is 1. The Morgan fingerprint density at radius 2 is 1.83 bits per heavy atom. The Morgan fingerprint density at radius 1 is 1.00 bits per heavy atom. The molecule has 0 aromatic heterocycles. The second-order valence-corrected chi connectivity index (χ2v) is 6.43. The van der Waals surface area contributed by atoms with Gasteiger partial charge >= 0.3 is 0 Å². The molecule has 1 atom stereocenters. The van der Waals surface area contributed by atoms with Crippen LogP contribution in [-0.4, -0.2) is 5.11 Å². The number of nitrogens with one attached hydrogen (secondary N) is 1. The molecule has 1 unspecified atom stereocenters. The topological polar surface area (TPSA) is 58.3 Å². The lowest BCUT2D eigenvalue weighted by molar-refractivity contribution is 0.466. The number of para-hydroxylation sites is 1. The van der Waals surface area contributed by atoms with Gasteiger partial charge in [-0.3, -0.25) is 0 Å². The van der Waals surface area contributed by atoms with Crippen molar-refractivity contribution in [1.82, 2.24) is 0 Å². The summed E-state index contributed by atoms with van der Waals surface area (Å²) >= 11 is 6.27. The lowest BCUT2D eigenvalue weighted by atomic mass is 9.82. The Bertz CT molecular complexity index is 923. The summed E-state index contributed by atoms with van der Waals surface area (Å²) in [5.41, 5.74) is 11.9. The summed E-state index contributed by atoms with van der Waals surface area (Å²) in [6.45, 7) is 0.640. The highest BCUT2D eigenvalue weighted by molar-refractivity contribution is 6.30. The number of hydrogen-bond acceptors (Lipinski definition) is 3. The molecule has 3 nitrogen and oxygen atoms in total. The first-order valence-corrected chi connectivity index (χ1v) is 8.21. The smallest absolute Gasteiger partial charge is 0.120 e.